The van der Waals surface area contributed by atoms with Crippen molar-refractivity contribution in [3.05, 3.63) is 65.0 Å². The average Bonchev–Trinajstić information content (AvgIpc) is 3.17. The summed E-state index contributed by atoms with van der Waals surface area (Å²) in [6.45, 7) is 8.46. The lowest BCUT2D eigenvalue weighted by Crippen LogP contribution is -2.39. The van der Waals surface area contributed by atoms with Crippen molar-refractivity contribution in [2.75, 3.05) is 17.2 Å². The molecular weight excluding hydrogens is 396 g/mol. The van der Waals surface area contributed by atoms with E-state index in [1.807, 2.05) is 33.8 Å². The lowest BCUT2D eigenvalue weighted by Gasteiger charge is -2.15. The Bertz CT molecular complexity index is 1020. The summed E-state index contributed by atoms with van der Waals surface area (Å²) in [5.74, 6) is 0.942. The van der Waals surface area contributed by atoms with E-state index in [0.29, 0.717) is 23.6 Å². The smallest absolute Gasteiger partial charge is 0.229 e. The van der Waals surface area contributed by atoms with Gasteiger partial charge in [-0.05, 0) is 63.2 Å². The maximum absolute atomic E-state index is 5.51. The predicted molar refractivity (Wildman–Crippen MR) is 125 cm³/mol. The Hall–Kier alpha value is -3.33. The van der Waals surface area contributed by atoms with Crippen LogP contribution in [-0.4, -0.2) is 37.6 Å². The van der Waals surface area contributed by atoms with Crippen LogP contribution in [0.15, 0.2) is 41.8 Å². The number of thiocarbonyl (C=S) groups is 1. The van der Waals surface area contributed by atoms with Crippen molar-refractivity contribution in [3.63, 3.8) is 0 Å². The molecular formula is C21H26N8S. The molecule has 0 aliphatic heterocycles. The molecule has 2 aromatic heterocycles. The van der Waals surface area contributed by atoms with Gasteiger partial charge in [-0.25, -0.2) is 15.0 Å². The second-order valence-corrected chi connectivity index (χ2v) is 7.46. The summed E-state index contributed by atoms with van der Waals surface area (Å²) in [5, 5.41) is 9.95. The number of rotatable bonds is 5. The molecule has 0 spiro atoms. The molecule has 0 bridgehead atoms. The fourth-order valence-corrected chi connectivity index (χ4v) is 3.05. The van der Waals surface area contributed by atoms with Crippen LogP contribution >= 0.6 is 12.2 Å². The van der Waals surface area contributed by atoms with Gasteiger partial charge in [0.25, 0.3) is 0 Å². The van der Waals surface area contributed by atoms with Crippen molar-refractivity contribution in [1.82, 2.24) is 25.3 Å². The molecule has 1 aromatic carbocycles. The van der Waals surface area contributed by atoms with Gasteiger partial charge in [0.05, 0.1) is 6.33 Å². The van der Waals surface area contributed by atoms with Crippen molar-refractivity contribution in [3.8, 4) is 0 Å². The molecule has 0 saturated heterocycles. The van der Waals surface area contributed by atoms with Crippen molar-refractivity contribution in [2.45, 2.75) is 34.1 Å². The van der Waals surface area contributed by atoms with Crippen molar-refractivity contribution >= 4 is 34.9 Å². The summed E-state index contributed by atoms with van der Waals surface area (Å²) in [6.07, 6.45) is 4.16. The lowest BCUT2D eigenvalue weighted by molar-refractivity contribution is 0.927. The summed E-state index contributed by atoms with van der Waals surface area (Å²) in [6, 6.07) is 8.10. The highest BCUT2D eigenvalue weighted by molar-refractivity contribution is 7.80. The van der Waals surface area contributed by atoms with Gasteiger partial charge < -0.3 is 15.6 Å². The summed E-state index contributed by atoms with van der Waals surface area (Å²) < 4.78 is 0. The number of aromatic nitrogens is 4. The van der Waals surface area contributed by atoms with Crippen LogP contribution in [0, 0.1) is 27.7 Å². The summed E-state index contributed by atoms with van der Waals surface area (Å²) in [5.41, 5.74) is 5.97. The Morgan fingerprint density at radius 2 is 1.83 bits per heavy atom. The minimum absolute atomic E-state index is 0.431. The Labute approximate surface area is 181 Å². The first-order chi connectivity index (χ1) is 14.4. The van der Waals surface area contributed by atoms with Gasteiger partial charge in [-0.15, -0.1) is 0 Å². The van der Waals surface area contributed by atoms with Crippen LogP contribution in [-0.2, 0) is 6.42 Å². The molecule has 3 aromatic rings. The molecule has 3 rings (SSSR count). The first-order valence-electron chi connectivity index (χ1n) is 9.65. The molecule has 0 atom stereocenters. The van der Waals surface area contributed by atoms with Gasteiger partial charge in [0.1, 0.15) is 0 Å². The minimum atomic E-state index is 0.431. The van der Waals surface area contributed by atoms with E-state index in [1.165, 1.54) is 0 Å². The Balaban J connectivity index is 1.73. The monoisotopic (exact) mass is 422 g/mol. The molecule has 30 heavy (non-hydrogen) atoms. The van der Waals surface area contributed by atoms with Crippen molar-refractivity contribution in [1.29, 1.82) is 0 Å². The third kappa shape index (κ3) is 6.35. The van der Waals surface area contributed by atoms with Gasteiger partial charge >= 0.3 is 0 Å². The molecule has 0 amide bonds. The molecule has 0 aliphatic rings. The number of aliphatic imine (C=N–C) groups is 1. The van der Waals surface area contributed by atoms with Gasteiger partial charge in [0.15, 0.2) is 5.11 Å². The highest BCUT2D eigenvalue weighted by Gasteiger charge is 2.08. The van der Waals surface area contributed by atoms with Crippen molar-refractivity contribution in [2.24, 2.45) is 4.99 Å². The number of aromatic amines is 1. The highest BCUT2D eigenvalue weighted by atomic mass is 32.1. The van der Waals surface area contributed by atoms with Crippen LogP contribution in [0.2, 0.25) is 0 Å². The Morgan fingerprint density at radius 3 is 2.53 bits per heavy atom. The van der Waals surface area contributed by atoms with Crippen LogP contribution in [0.5, 0.6) is 0 Å². The van der Waals surface area contributed by atoms with Gasteiger partial charge in [-0.1, -0.05) is 12.1 Å². The van der Waals surface area contributed by atoms with Crippen LogP contribution in [0.4, 0.5) is 11.6 Å². The minimum Gasteiger partial charge on any atom is -0.348 e. The zero-order valence-corrected chi connectivity index (χ0v) is 18.4. The maximum Gasteiger partial charge on any atom is 0.229 e. The van der Waals surface area contributed by atoms with E-state index < -0.39 is 0 Å². The molecule has 0 radical (unpaired) electrons. The largest absolute Gasteiger partial charge is 0.348 e. The first kappa shape index (κ1) is 21.4. The van der Waals surface area contributed by atoms with E-state index in [1.54, 1.807) is 12.5 Å². The second-order valence-electron chi connectivity index (χ2n) is 7.05. The third-order valence-electron chi connectivity index (χ3n) is 4.29. The number of benzene rings is 1. The quantitative estimate of drug-likeness (QED) is 0.284. The molecule has 9 heteroatoms. The zero-order valence-electron chi connectivity index (χ0n) is 17.6. The van der Waals surface area contributed by atoms with Crippen LogP contribution < -0.4 is 16.0 Å². The lowest BCUT2D eigenvalue weighted by atomic mass is 10.1. The van der Waals surface area contributed by atoms with E-state index >= 15 is 0 Å². The zero-order chi connectivity index (χ0) is 21.5. The molecule has 0 unspecified atom stereocenters. The van der Waals surface area contributed by atoms with Gasteiger partial charge in [0, 0.05) is 41.9 Å². The van der Waals surface area contributed by atoms with Crippen LogP contribution in [0.25, 0.3) is 0 Å². The molecule has 2 heterocycles. The molecule has 0 fully saturated rings. The molecule has 156 valence electrons. The van der Waals surface area contributed by atoms with E-state index in [4.69, 9.17) is 12.2 Å². The average molecular weight is 423 g/mol. The second kappa shape index (κ2) is 9.93. The molecule has 0 aliphatic carbocycles. The number of hydrogen-bond acceptors (Lipinski definition) is 5. The number of nitrogens with zero attached hydrogens (tertiary/aromatic N) is 4. The summed E-state index contributed by atoms with van der Waals surface area (Å²) >= 11 is 5.51. The fraction of sp³-hybridized carbons (Fsp3) is 0.286. The van der Waals surface area contributed by atoms with E-state index in [0.717, 1.165) is 40.3 Å². The standard InChI is InChI=1S/C21H26N8S/c1-13-5-6-14(2)18(9-13)27-21(30)29-19(23-8-7-17-11-22-12-24-17)28-20-25-15(3)10-16(4)26-20/h5-6,9-12H,7-8H2,1-4H3,(H,22,24)(H3,23,25,26,27,28,29,30). The number of guanidine groups is 1. The van der Waals surface area contributed by atoms with Crippen LogP contribution in [0.3, 0.4) is 0 Å². The SMILES string of the molecule is Cc1ccc(C)c(NC(=S)NC(=NCCc2cnc[nH]2)Nc2nc(C)cc(C)n2)c1. The Kier molecular flexibility index (Phi) is 7.08. The highest BCUT2D eigenvalue weighted by Crippen LogP contribution is 2.16. The number of H-pyrrole nitrogens is 1. The predicted octanol–water partition coefficient (Wildman–Crippen LogP) is 3.43. The molecule has 4 N–H and O–H groups in total. The number of nitrogens with one attached hydrogen (secondary N) is 4. The number of anilines is 2. The summed E-state index contributed by atoms with van der Waals surface area (Å²) in [7, 11) is 0. The first-order valence-corrected chi connectivity index (χ1v) is 10.1. The molecule has 8 nitrogen and oxygen atoms in total. The van der Waals surface area contributed by atoms with E-state index in [-0.39, 0.29) is 0 Å². The fourth-order valence-electron chi connectivity index (χ4n) is 2.84. The van der Waals surface area contributed by atoms with Crippen molar-refractivity contribution < 1.29 is 0 Å². The third-order valence-corrected chi connectivity index (χ3v) is 4.50. The van der Waals surface area contributed by atoms with E-state index in [2.05, 4.69) is 59.1 Å². The summed E-state index contributed by atoms with van der Waals surface area (Å²) in [4.78, 5) is 20.6. The van der Waals surface area contributed by atoms with Crippen LogP contribution in [0.1, 0.15) is 28.2 Å². The van der Waals surface area contributed by atoms with Gasteiger partial charge in [0.2, 0.25) is 11.9 Å². The normalized spacial score (nSPS) is 11.3. The van der Waals surface area contributed by atoms with E-state index in [9.17, 15) is 0 Å². The number of imidazole rings is 1. The maximum atomic E-state index is 5.51. The van der Waals surface area contributed by atoms with Gasteiger partial charge in [-0.3, -0.25) is 10.3 Å². The molecule has 0 saturated carbocycles. The Morgan fingerprint density at radius 1 is 1.07 bits per heavy atom. The topological polar surface area (TPSA) is 103 Å². The number of aryl methyl sites for hydroxylation is 4. The van der Waals surface area contributed by atoms with Gasteiger partial charge in [-0.2, -0.15) is 0 Å². The number of hydrogen-bond donors (Lipinski definition) is 4.